The van der Waals surface area contributed by atoms with Gasteiger partial charge in [0.15, 0.2) is 0 Å². The van der Waals surface area contributed by atoms with Crippen LogP contribution in [0.4, 0.5) is 0 Å². The van der Waals surface area contributed by atoms with Crippen LogP contribution in [0.15, 0.2) is 30.9 Å². The fourth-order valence-electron chi connectivity index (χ4n) is 1.94. The lowest BCUT2D eigenvalue weighted by Crippen LogP contribution is -1.96. The first kappa shape index (κ1) is 9.27. The third-order valence-electron chi connectivity index (χ3n) is 2.68. The third-order valence-corrected chi connectivity index (χ3v) is 2.68. The summed E-state index contributed by atoms with van der Waals surface area (Å²) in [7, 11) is 0. The molecule has 0 N–H and O–H groups in total. The van der Waals surface area contributed by atoms with Crippen molar-refractivity contribution in [2.75, 3.05) is 0 Å². The quantitative estimate of drug-likeness (QED) is 0.766. The molecule has 3 rings (SSSR count). The lowest BCUT2D eigenvalue weighted by Gasteiger charge is -2.07. The van der Waals surface area contributed by atoms with Crippen molar-refractivity contribution in [1.82, 2.24) is 15.0 Å². The Morgan fingerprint density at radius 2 is 2.19 bits per heavy atom. The van der Waals surface area contributed by atoms with E-state index in [9.17, 15) is 0 Å². The first-order valence-corrected chi connectivity index (χ1v) is 5.34. The minimum atomic E-state index is 0.676. The van der Waals surface area contributed by atoms with Gasteiger partial charge in [0.1, 0.15) is 12.1 Å². The second kappa shape index (κ2) is 3.89. The summed E-state index contributed by atoms with van der Waals surface area (Å²) in [5, 5.41) is 0. The van der Waals surface area contributed by atoms with E-state index < -0.39 is 0 Å². The van der Waals surface area contributed by atoms with E-state index in [1.54, 1.807) is 18.7 Å². The van der Waals surface area contributed by atoms with Crippen molar-refractivity contribution in [2.45, 2.75) is 19.3 Å². The van der Waals surface area contributed by atoms with Crippen molar-refractivity contribution in [1.29, 1.82) is 0 Å². The van der Waals surface area contributed by atoms with E-state index >= 15 is 0 Å². The normalized spacial score (nSPS) is 13.5. The number of ether oxygens (including phenoxy) is 1. The fourth-order valence-corrected chi connectivity index (χ4v) is 1.94. The van der Waals surface area contributed by atoms with Gasteiger partial charge in [0.25, 0.3) is 0 Å². The zero-order valence-electron chi connectivity index (χ0n) is 8.76. The zero-order valence-corrected chi connectivity index (χ0v) is 8.76. The number of hydrogen-bond acceptors (Lipinski definition) is 4. The summed E-state index contributed by atoms with van der Waals surface area (Å²) in [5.74, 6) is 1.39. The molecule has 0 spiro atoms. The Hall–Kier alpha value is -1.97. The van der Waals surface area contributed by atoms with Crippen LogP contribution in [0.5, 0.6) is 11.6 Å². The van der Waals surface area contributed by atoms with Gasteiger partial charge in [-0.15, -0.1) is 0 Å². The third kappa shape index (κ3) is 1.62. The molecule has 0 fully saturated rings. The van der Waals surface area contributed by atoms with Crippen LogP contribution in [0.1, 0.15) is 17.7 Å². The predicted octanol–water partition coefficient (Wildman–Crippen LogP) is 2.15. The Kier molecular flexibility index (Phi) is 2.25. The van der Waals surface area contributed by atoms with Gasteiger partial charge in [-0.3, -0.25) is 4.98 Å². The van der Waals surface area contributed by atoms with Crippen LogP contribution in [0, 0.1) is 0 Å². The maximum Gasteiger partial charge on any atom is 0.225 e. The van der Waals surface area contributed by atoms with Gasteiger partial charge in [0.2, 0.25) is 5.88 Å². The van der Waals surface area contributed by atoms with Gasteiger partial charge in [-0.2, -0.15) is 0 Å². The van der Waals surface area contributed by atoms with Crippen LogP contribution in [-0.4, -0.2) is 15.0 Å². The maximum atomic E-state index is 5.71. The van der Waals surface area contributed by atoms with Gasteiger partial charge in [0, 0.05) is 11.8 Å². The van der Waals surface area contributed by atoms with E-state index in [0.717, 1.165) is 36.3 Å². The van der Waals surface area contributed by atoms with E-state index in [2.05, 4.69) is 15.0 Å². The monoisotopic (exact) mass is 213 g/mol. The molecule has 0 aliphatic heterocycles. The second-order valence-electron chi connectivity index (χ2n) is 3.75. The minimum absolute atomic E-state index is 0.676. The first-order chi connectivity index (χ1) is 7.93. The van der Waals surface area contributed by atoms with Crippen molar-refractivity contribution in [3.05, 3.63) is 42.1 Å². The summed E-state index contributed by atoms with van der Waals surface area (Å²) in [4.78, 5) is 12.4. The fraction of sp³-hybridized carbons (Fsp3) is 0.250. The van der Waals surface area contributed by atoms with Crippen LogP contribution in [-0.2, 0) is 12.8 Å². The molecule has 0 saturated carbocycles. The highest BCUT2D eigenvalue weighted by molar-refractivity contribution is 5.36. The molecule has 0 radical (unpaired) electrons. The van der Waals surface area contributed by atoms with Crippen LogP contribution in [0.25, 0.3) is 0 Å². The molecule has 0 unspecified atom stereocenters. The largest absolute Gasteiger partial charge is 0.437 e. The van der Waals surface area contributed by atoms with E-state index in [1.165, 1.54) is 0 Å². The van der Waals surface area contributed by atoms with Crippen molar-refractivity contribution in [3.8, 4) is 11.6 Å². The average molecular weight is 213 g/mol. The number of hydrogen-bond donors (Lipinski definition) is 0. The Morgan fingerprint density at radius 3 is 3.06 bits per heavy atom. The molecule has 0 amide bonds. The summed E-state index contributed by atoms with van der Waals surface area (Å²) in [5.41, 5.74) is 2.26. The molecule has 2 heterocycles. The predicted molar refractivity (Wildman–Crippen MR) is 58.4 cm³/mol. The Labute approximate surface area is 93.3 Å². The minimum Gasteiger partial charge on any atom is -0.437 e. The molecular weight excluding hydrogens is 202 g/mol. The van der Waals surface area contributed by atoms with Crippen molar-refractivity contribution < 1.29 is 4.74 Å². The molecule has 0 atom stereocenters. The molecule has 1 aliphatic rings. The highest BCUT2D eigenvalue weighted by Gasteiger charge is 2.18. The van der Waals surface area contributed by atoms with Crippen LogP contribution in [0.2, 0.25) is 0 Å². The van der Waals surface area contributed by atoms with Gasteiger partial charge in [-0.05, 0) is 31.4 Å². The lowest BCUT2D eigenvalue weighted by atomic mass is 10.2. The number of nitrogens with zero attached hydrogens (tertiary/aromatic N) is 3. The zero-order chi connectivity index (χ0) is 10.8. The summed E-state index contributed by atoms with van der Waals surface area (Å²) >= 11 is 0. The smallest absolute Gasteiger partial charge is 0.225 e. The Morgan fingerprint density at radius 1 is 1.19 bits per heavy atom. The number of fused-ring (bicyclic) bond motifs is 1. The second-order valence-corrected chi connectivity index (χ2v) is 3.75. The molecule has 16 heavy (non-hydrogen) atoms. The number of aryl methyl sites for hydroxylation is 1. The summed E-state index contributed by atoms with van der Waals surface area (Å²) in [6.45, 7) is 0. The average Bonchev–Trinajstić information content (AvgIpc) is 2.80. The van der Waals surface area contributed by atoms with Gasteiger partial charge < -0.3 is 4.74 Å². The molecule has 4 heteroatoms. The van der Waals surface area contributed by atoms with Gasteiger partial charge in [0.05, 0.1) is 11.9 Å². The number of rotatable bonds is 2. The Balaban J connectivity index is 1.94. The van der Waals surface area contributed by atoms with Gasteiger partial charge in [-0.1, -0.05) is 0 Å². The van der Waals surface area contributed by atoms with Crippen LogP contribution >= 0.6 is 0 Å². The topological polar surface area (TPSA) is 47.9 Å². The molecule has 2 aromatic rings. The molecule has 80 valence electrons. The summed E-state index contributed by atoms with van der Waals surface area (Å²) in [6.07, 6.45) is 8.14. The molecular formula is C12H11N3O. The van der Waals surface area contributed by atoms with Crippen molar-refractivity contribution in [2.24, 2.45) is 0 Å². The molecule has 0 aromatic carbocycles. The molecule has 0 saturated heterocycles. The lowest BCUT2D eigenvalue weighted by molar-refractivity contribution is 0.453. The first-order valence-electron chi connectivity index (χ1n) is 5.34. The van der Waals surface area contributed by atoms with Crippen LogP contribution < -0.4 is 4.74 Å². The van der Waals surface area contributed by atoms with Gasteiger partial charge in [-0.25, -0.2) is 9.97 Å². The molecule has 2 aromatic heterocycles. The maximum absolute atomic E-state index is 5.71. The van der Waals surface area contributed by atoms with E-state index in [1.807, 2.05) is 12.1 Å². The van der Waals surface area contributed by atoms with Gasteiger partial charge >= 0.3 is 0 Å². The van der Waals surface area contributed by atoms with E-state index in [4.69, 9.17) is 4.74 Å². The highest BCUT2D eigenvalue weighted by atomic mass is 16.5. The Bertz CT molecular complexity index is 499. The summed E-state index contributed by atoms with van der Waals surface area (Å²) < 4.78 is 5.71. The SMILES string of the molecule is c1cncc(Oc2ncnc3c2CCC3)c1. The van der Waals surface area contributed by atoms with Crippen molar-refractivity contribution >= 4 is 0 Å². The molecule has 1 aliphatic carbocycles. The molecule has 4 nitrogen and oxygen atoms in total. The van der Waals surface area contributed by atoms with Crippen molar-refractivity contribution in [3.63, 3.8) is 0 Å². The van der Waals surface area contributed by atoms with E-state index in [-0.39, 0.29) is 0 Å². The number of pyridine rings is 1. The highest BCUT2D eigenvalue weighted by Crippen LogP contribution is 2.29. The number of aromatic nitrogens is 3. The summed E-state index contributed by atoms with van der Waals surface area (Å²) in [6, 6.07) is 3.72. The standard InChI is InChI=1S/C12H11N3O/c1-4-10-11(5-1)14-8-15-12(10)16-9-3-2-6-13-7-9/h2-3,6-8H,1,4-5H2. The van der Waals surface area contributed by atoms with Crippen LogP contribution in [0.3, 0.4) is 0 Å². The van der Waals surface area contributed by atoms with E-state index in [0.29, 0.717) is 5.88 Å². The molecule has 0 bridgehead atoms.